The molecule has 0 aromatic heterocycles. The Bertz CT molecular complexity index is 634. The van der Waals surface area contributed by atoms with E-state index in [-0.39, 0.29) is 29.0 Å². The van der Waals surface area contributed by atoms with Gasteiger partial charge in [0.05, 0.1) is 23.5 Å². The van der Waals surface area contributed by atoms with Gasteiger partial charge in [0, 0.05) is 0 Å². The molecule has 1 aromatic rings. The molecule has 0 atom stereocenters. The highest BCUT2D eigenvalue weighted by Crippen LogP contribution is 2.13. The van der Waals surface area contributed by atoms with Crippen molar-refractivity contribution in [1.82, 2.24) is 0 Å². The maximum absolute atomic E-state index is 10.6. The monoisotopic (exact) mass is 512 g/mol. The zero-order valence-corrected chi connectivity index (χ0v) is 22.2. The lowest BCUT2D eigenvalue weighted by molar-refractivity contribution is 0.0696. The van der Waals surface area contributed by atoms with Crippen molar-refractivity contribution in [3.63, 3.8) is 0 Å². The molecule has 10 nitrogen and oxygen atoms in total. The molecule has 10 heteroatoms. The Morgan fingerprint density at radius 2 is 0.944 bits per heavy atom. The zero-order chi connectivity index (χ0) is 27.8. The molecule has 0 bridgehead atoms. The Labute approximate surface area is 217 Å². The Hall–Kier alpha value is -2.08. The van der Waals surface area contributed by atoms with E-state index >= 15 is 0 Å². The van der Waals surface area contributed by atoms with E-state index in [2.05, 4.69) is 0 Å². The van der Waals surface area contributed by atoms with Crippen molar-refractivity contribution < 1.29 is 19.8 Å². The van der Waals surface area contributed by atoms with Gasteiger partial charge in [-0.2, -0.15) is 0 Å². The summed E-state index contributed by atoms with van der Waals surface area (Å²) in [7, 11) is 0. The largest absolute Gasteiger partial charge is 0.478 e. The minimum Gasteiger partial charge on any atom is -0.478 e. The van der Waals surface area contributed by atoms with E-state index in [0.717, 1.165) is 38.8 Å². The molecule has 0 aliphatic heterocycles. The van der Waals surface area contributed by atoms with Crippen LogP contribution in [0.3, 0.4) is 0 Å². The van der Waals surface area contributed by atoms with Gasteiger partial charge in [-0.25, -0.2) is 9.59 Å². The van der Waals surface area contributed by atoms with Crippen LogP contribution in [-0.2, 0) is 0 Å². The molecule has 0 saturated carbocycles. The predicted molar refractivity (Wildman–Crippen MR) is 148 cm³/mol. The molecular formula is C26H52N6O4. The molecule has 210 valence electrons. The van der Waals surface area contributed by atoms with Gasteiger partial charge in [-0.3, -0.25) is 0 Å². The topological polar surface area (TPSA) is 231 Å². The summed E-state index contributed by atoms with van der Waals surface area (Å²) >= 11 is 0. The molecule has 0 amide bonds. The number of hydrogen-bond donors (Lipinski definition) is 8. The maximum Gasteiger partial charge on any atom is 0.335 e. The minimum atomic E-state index is -1.11. The SMILES string of the molecule is Cc1c(C(=O)O)cccc1C(=O)O.NC(N)CCCCCCCC(N)N.NCCCCCCCCN. The van der Waals surface area contributed by atoms with E-state index < -0.39 is 11.9 Å². The molecular weight excluding hydrogens is 460 g/mol. The average Bonchev–Trinajstić information content (AvgIpc) is 2.81. The van der Waals surface area contributed by atoms with Crippen LogP contribution in [0.2, 0.25) is 0 Å². The highest BCUT2D eigenvalue weighted by molar-refractivity contribution is 5.96. The van der Waals surface area contributed by atoms with Crippen molar-refractivity contribution >= 4 is 11.9 Å². The smallest absolute Gasteiger partial charge is 0.335 e. The summed E-state index contributed by atoms with van der Waals surface area (Å²) in [5.74, 6) is -2.22. The molecule has 0 unspecified atom stereocenters. The third-order valence-electron chi connectivity index (χ3n) is 5.53. The number of carboxylic acid groups (broad SMARTS) is 2. The number of hydrogen-bond acceptors (Lipinski definition) is 8. The number of unbranched alkanes of at least 4 members (excludes halogenated alkanes) is 9. The molecule has 0 saturated heterocycles. The molecule has 0 fully saturated rings. The lowest BCUT2D eigenvalue weighted by Crippen LogP contribution is -2.30. The number of carboxylic acids is 2. The molecule has 0 aliphatic carbocycles. The van der Waals surface area contributed by atoms with E-state index in [1.807, 2.05) is 0 Å². The number of nitrogens with two attached hydrogens (primary N) is 6. The van der Waals surface area contributed by atoms with Gasteiger partial charge in [0.15, 0.2) is 0 Å². The zero-order valence-electron chi connectivity index (χ0n) is 22.2. The highest BCUT2D eigenvalue weighted by Gasteiger charge is 2.13. The Morgan fingerprint density at radius 3 is 1.22 bits per heavy atom. The van der Waals surface area contributed by atoms with Crippen molar-refractivity contribution in [2.45, 2.75) is 103 Å². The van der Waals surface area contributed by atoms with Crippen molar-refractivity contribution in [3.05, 3.63) is 34.9 Å². The number of carbonyl (C=O) groups is 2. The lowest BCUT2D eigenvalue weighted by Gasteiger charge is -2.06. The van der Waals surface area contributed by atoms with Gasteiger partial charge in [-0.05, 0) is 63.4 Å². The first-order valence-electron chi connectivity index (χ1n) is 13.1. The Balaban J connectivity index is 0. The summed E-state index contributed by atoms with van der Waals surface area (Å²) < 4.78 is 0. The number of rotatable bonds is 17. The third-order valence-corrected chi connectivity index (χ3v) is 5.53. The van der Waals surface area contributed by atoms with E-state index in [1.165, 1.54) is 82.9 Å². The standard InChI is InChI=1S/C9H24N4.C9H8O4.C8H20N2/c10-8(11)6-4-2-1-3-5-7-9(12)13;1-5-6(8(10)11)3-2-4-7(5)9(12)13;9-7-5-3-1-2-4-6-8-10/h8-9H,1-7,10-13H2;2-4H,1H3,(H,10,11)(H,12,13);1-10H2. The first-order chi connectivity index (χ1) is 17.1. The van der Waals surface area contributed by atoms with Crippen molar-refractivity contribution in [1.29, 1.82) is 0 Å². The van der Waals surface area contributed by atoms with Gasteiger partial charge in [0.25, 0.3) is 0 Å². The maximum atomic E-state index is 10.6. The van der Waals surface area contributed by atoms with Gasteiger partial charge in [0.1, 0.15) is 0 Å². The summed E-state index contributed by atoms with van der Waals surface area (Å²) in [5.41, 5.74) is 32.7. The molecule has 1 rings (SSSR count). The molecule has 0 heterocycles. The summed E-state index contributed by atoms with van der Waals surface area (Å²) in [6.45, 7) is 3.17. The molecule has 36 heavy (non-hydrogen) atoms. The van der Waals surface area contributed by atoms with Crippen LogP contribution >= 0.6 is 0 Å². The van der Waals surface area contributed by atoms with Crippen LogP contribution in [0.1, 0.15) is 110 Å². The second-order valence-corrected chi connectivity index (χ2v) is 8.96. The van der Waals surface area contributed by atoms with Crippen LogP contribution in [-0.4, -0.2) is 47.6 Å². The average molecular weight is 513 g/mol. The van der Waals surface area contributed by atoms with Gasteiger partial charge in [0.2, 0.25) is 0 Å². The fourth-order valence-corrected chi connectivity index (χ4v) is 3.39. The number of benzene rings is 1. The molecule has 0 radical (unpaired) electrons. The van der Waals surface area contributed by atoms with Gasteiger partial charge < -0.3 is 44.6 Å². The molecule has 0 spiro atoms. The minimum absolute atomic E-state index is 0.0277. The third kappa shape index (κ3) is 22.4. The van der Waals surface area contributed by atoms with Crippen LogP contribution in [0.25, 0.3) is 0 Å². The Morgan fingerprint density at radius 1 is 0.639 bits per heavy atom. The van der Waals surface area contributed by atoms with Crippen molar-refractivity contribution in [2.75, 3.05) is 13.1 Å². The summed E-state index contributed by atoms with van der Waals surface area (Å²) in [6.07, 6.45) is 15.1. The van der Waals surface area contributed by atoms with Gasteiger partial charge in [-0.1, -0.05) is 63.9 Å². The summed E-state index contributed by atoms with van der Waals surface area (Å²) in [5, 5.41) is 17.4. The fourth-order valence-electron chi connectivity index (χ4n) is 3.39. The van der Waals surface area contributed by atoms with Gasteiger partial charge in [-0.15, -0.1) is 0 Å². The molecule has 1 aromatic carbocycles. The predicted octanol–water partition coefficient (Wildman–Crippen LogP) is 2.84. The van der Waals surface area contributed by atoms with Crippen LogP contribution < -0.4 is 34.4 Å². The Kier molecular flexibility index (Phi) is 24.7. The first kappa shape index (κ1) is 36.1. The van der Waals surface area contributed by atoms with E-state index in [9.17, 15) is 9.59 Å². The first-order valence-corrected chi connectivity index (χ1v) is 13.1. The molecule has 0 aliphatic rings. The molecule has 14 N–H and O–H groups in total. The summed E-state index contributed by atoms with van der Waals surface area (Å²) in [4.78, 5) is 21.2. The van der Waals surface area contributed by atoms with Crippen LogP contribution in [0.4, 0.5) is 0 Å². The van der Waals surface area contributed by atoms with Crippen LogP contribution in [0, 0.1) is 6.92 Å². The number of aromatic carboxylic acids is 2. The van der Waals surface area contributed by atoms with Crippen LogP contribution in [0.5, 0.6) is 0 Å². The summed E-state index contributed by atoms with van der Waals surface area (Å²) in [6, 6.07) is 4.17. The van der Waals surface area contributed by atoms with Crippen molar-refractivity contribution in [3.8, 4) is 0 Å². The lowest BCUT2D eigenvalue weighted by atomic mass is 10.0. The van der Waals surface area contributed by atoms with E-state index in [4.69, 9.17) is 44.6 Å². The second kappa shape index (κ2) is 24.6. The quantitative estimate of drug-likeness (QED) is 0.112. The second-order valence-electron chi connectivity index (χ2n) is 8.96. The van der Waals surface area contributed by atoms with E-state index in [0.29, 0.717) is 0 Å². The van der Waals surface area contributed by atoms with Crippen LogP contribution in [0.15, 0.2) is 18.2 Å². The normalized spacial score (nSPS) is 10.5. The van der Waals surface area contributed by atoms with Gasteiger partial charge >= 0.3 is 11.9 Å². The fraction of sp³-hybridized carbons (Fsp3) is 0.692. The van der Waals surface area contributed by atoms with Crippen molar-refractivity contribution in [2.24, 2.45) is 34.4 Å². The van der Waals surface area contributed by atoms with E-state index in [1.54, 1.807) is 0 Å². The highest BCUT2D eigenvalue weighted by atomic mass is 16.4.